The Labute approximate surface area is 132 Å². The van der Waals surface area contributed by atoms with E-state index in [1.165, 1.54) is 11.7 Å². The number of fused-ring (bicyclic) bond motifs is 1. The van der Waals surface area contributed by atoms with Crippen LogP contribution < -0.4 is 5.32 Å². The van der Waals surface area contributed by atoms with E-state index in [9.17, 15) is 0 Å². The smallest absolute Gasteiger partial charge is 0.134 e. The van der Waals surface area contributed by atoms with Crippen LogP contribution >= 0.6 is 23.2 Å². The molecular weight excluding hydrogens is 305 g/mol. The Morgan fingerprint density at radius 3 is 2.48 bits per heavy atom. The van der Waals surface area contributed by atoms with Gasteiger partial charge >= 0.3 is 0 Å². The summed E-state index contributed by atoms with van der Waals surface area (Å²) in [6.45, 7) is 0.728. The van der Waals surface area contributed by atoms with Crippen LogP contribution in [0, 0.1) is 0 Å². The van der Waals surface area contributed by atoms with Crippen LogP contribution in [0.1, 0.15) is 5.56 Å². The predicted molar refractivity (Wildman–Crippen MR) is 88.2 cm³/mol. The van der Waals surface area contributed by atoms with Crippen LogP contribution in [0.25, 0.3) is 10.8 Å². The number of hydrogen-bond donors (Lipinski definition) is 1. The third kappa shape index (κ3) is 3.43. The van der Waals surface area contributed by atoms with Crippen molar-refractivity contribution in [2.24, 2.45) is 0 Å². The van der Waals surface area contributed by atoms with Gasteiger partial charge in [0.2, 0.25) is 0 Å². The molecular formula is C16H13Cl2N3. The summed E-state index contributed by atoms with van der Waals surface area (Å²) in [6, 6.07) is 14.0. The minimum Gasteiger partial charge on any atom is -0.370 e. The van der Waals surface area contributed by atoms with Gasteiger partial charge in [-0.3, -0.25) is 0 Å². The van der Waals surface area contributed by atoms with Crippen molar-refractivity contribution in [2.75, 3.05) is 11.9 Å². The highest BCUT2D eigenvalue weighted by Crippen LogP contribution is 2.24. The summed E-state index contributed by atoms with van der Waals surface area (Å²) in [5.74, 6) is 0.715. The highest BCUT2D eigenvalue weighted by molar-refractivity contribution is 6.32. The van der Waals surface area contributed by atoms with Gasteiger partial charge < -0.3 is 5.32 Å². The maximum Gasteiger partial charge on any atom is 0.134 e. The molecule has 1 aromatic heterocycles. The molecule has 106 valence electrons. The molecule has 21 heavy (non-hydrogen) atoms. The Hall–Kier alpha value is -1.84. The van der Waals surface area contributed by atoms with E-state index in [1.54, 1.807) is 6.07 Å². The fraction of sp³-hybridized carbons (Fsp3) is 0.125. The van der Waals surface area contributed by atoms with E-state index in [0.717, 1.165) is 28.9 Å². The van der Waals surface area contributed by atoms with E-state index < -0.39 is 0 Å². The highest BCUT2D eigenvalue weighted by Gasteiger charge is 2.03. The van der Waals surface area contributed by atoms with Gasteiger partial charge in [-0.1, -0.05) is 47.5 Å². The van der Waals surface area contributed by atoms with Crippen molar-refractivity contribution in [3.05, 3.63) is 64.5 Å². The summed E-state index contributed by atoms with van der Waals surface area (Å²) >= 11 is 12.2. The molecule has 0 aliphatic carbocycles. The summed E-state index contributed by atoms with van der Waals surface area (Å²) in [7, 11) is 0. The molecule has 0 saturated carbocycles. The Morgan fingerprint density at radius 1 is 0.952 bits per heavy atom. The fourth-order valence-corrected chi connectivity index (χ4v) is 2.62. The maximum atomic E-state index is 6.34. The molecule has 0 saturated heterocycles. The zero-order chi connectivity index (χ0) is 14.7. The Kier molecular flexibility index (Phi) is 4.23. The van der Waals surface area contributed by atoms with E-state index in [1.807, 2.05) is 18.2 Å². The molecule has 0 radical (unpaired) electrons. The fourth-order valence-electron chi connectivity index (χ4n) is 2.21. The largest absolute Gasteiger partial charge is 0.370 e. The van der Waals surface area contributed by atoms with Crippen molar-refractivity contribution in [1.82, 2.24) is 9.97 Å². The first-order chi connectivity index (χ1) is 10.2. The van der Waals surface area contributed by atoms with Gasteiger partial charge in [0, 0.05) is 17.6 Å². The molecule has 0 unspecified atom stereocenters. The van der Waals surface area contributed by atoms with Gasteiger partial charge in [0.15, 0.2) is 0 Å². The lowest BCUT2D eigenvalue weighted by Gasteiger charge is -2.08. The Balaban J connectivity index is 1.71. The van der Waals surface area contributed by atoms with Gasteiger partial charge in [-0.25, -0.2) is 9.97 Å². The van der Waals surface area contributed by atoms with Crippen molar-refractivity contribution in [1.29, 1.82) is 0 Å². The minimum absolute atomic E-state index is 0.427. The summed E-state index contributed by atoms with van der Waals surface area (Å²) in [5.41, 5.74) is 1.11. The molecule has 2 aromatic carbocycles. The van der Waals surface area contributed by atoms with Crippen molar-refractivity contribution in [3.8, 4) is 0 Å². The van der Waals surface area contributed by atoms with Crippen molar-refractivity contribution < 1.29 is 0 Å². The Morgan fingerprint density at radius 2 is 1.71 bits per heavy atom. The van der Waals surface area contributed by atoms with Crippen LogP contribution in [-0.4, -0.2) is 16.5 Å². The molecule has 0 atom stereocenters. The maximum absolute atomic E-state index is 6.34. The van der Waals surface area contributed by atoms with Crippen molar-refractivity contribution in [2.45, 2.75) is 6.42 Å². The second kappa shape index (κ2) is 6.29. The number of aromatic nitrogens is 2. The third-order valence-corrected chi connectivity index (χ3v) is 3.81. The van der Waals surface area contributed by atoms with Gasteiger partial charge in [0.1, 0.15) is 17.3 Å². The predicted octanol–water partition coefficient (Wildman–Crippen LogP) is 4.59. The SMILES string of the molecule is Clc1cc(NCCc2cc3ccccc3cc2Cl)ncn1. The molecule has 0 fully saturated rings. The lowest BCUT2D eigenvalue weighted by Crippen LogP contribution is -2.06. The van der Waals surface area contributed by atoms with Crippen LogP contribution in [0.3, 0.4) is 0 Å². The molecule has 3 rings (SSSR count). The number of hydrogen-bond acceptors (Lipinski definition) is 3. The highest BCUT2D eigenvalue weighted by atomic mass is 35.5. The summed E-state index contributed by atoms with van der Waals surface area (Å²) in [5, 5.41) is 6.78. The molecule has 3 nitrogen and oxygen atoms in total. The topological polar surface area (TPSA) is 37.8 Å². The number of nitrogens with zero attached hydrogens (tertiary/aromatic N) is 2. The lowest BCUT2D eigenvalue weighted by molar-refractivity contribution is 1.00. The molecule has 0 spiro atoms. The monoisotopic (exact) mass is 317 g/mol. The second-order valence-corrected chi connectivity index (χ2v) is 5.49. The number of rotatable bonds is 4. The van der Waals surface area contributed by atoms with Crippen molar-refractivity contribution in [3.63, 3.8) is 0 Å². The molecule has 1 heterocycles. The van der Waals surface area contributed by atoms with Gasteiger partial charge in [-0.2, -0.15) is 0 Å². The molecule has 1 N–H and O–H groups in total. The minimum atomic E-state index is 0.427. The van der Waals surface area contributed by atoms with E-state index in [-0.39, 0.29) is 0 Å². The number of nitrogens with one attached hydrogen (secondary N) is 1. The standard InChI is InChI=1S/C16H13Cl2N3/c17-14-8-12-4-2-1-3-11(12)7-13(14)5-6-19-16-9-15(18)20-10-21-16/h1-4,7-10H,5-6H2,(H,19,20,21). The first-order valence-corrected chi connectivity index (χ1v) is 7.36. The zero-order valence-corrected chi connectivity index (χ0v) is 12.7. The van der Waals surface area contributed by atoms with E-state index in [2.05, 4.69) is 33.5 Å². The van der Waals surface area contributed by atoms with Crippen LogP contribution in [-0.2, 0) is 6.42 Å². The number of benzene rings is 2. The third-order valence-electron chi connectivity index (χ3n) is 3.25. The van der Waals surface area contributed by atoms with Crippen LogP contribution in [0.5, 0.6) is 0 Å². The van der Waals surface area contributed by atoms with Gasteiger partial charge in [-0.15, -0.1) is 0 Å². The average molecular weight is 318 g/mol. The van der Waals surface area contributed by atoms with Gasteiger partial charge in [0.25, 0.3) is 0 Å². The van der Waals surface area contributed by atoms with E-state index in [4.69, 9.17) is 23.2 Å². The molecule has 0 aliphatic rings. The molecule has 0 amide bonds. The summed E-state index contributed by atoms with van der Waals surface area (Å²) in [6.07, 6.45) is 2.25. The molecule has 3 aromatic rings. The summed E-state index contributed by atoms with van der Waals surface area (Å²) in [4.78, 5) is 7.95. The van der Waals surface area contributed by atoms with E-state index in [0.29, 0.717) is 11.0 Å². The van der Waals surface area contributed by atoms with Crippen molar-refractivity contribution >= 4 is 39.8 Å². The molecule has 5 heteroatoms. The number of halogens is 2. The normalized spacial score (nSPS) is 10.8. The average Bonchev–Trinajstić information content (AvgIpc) is 2.48. The van der Waals surface area contributed by atoms with Crippen LogP contribution in [0.15, 0.2) is 48.8 Å². The zero-order valence-electron chi connectivity index (χ0n) is 11.2. The quantitative estimate of drug-likeness (QED) is 0.715. The van der Waals surface area contributed by atoms with Crippen LogP contribution in [0.2, 0.25) is 10.2 Å². The van der Waals surface area contributed by atoms with Crippen LogP contribution in [0.4, 0.5) is 5.82 Å². The first-order valence-electron chi connectivity index (χ1n) is 6.61. The van der Waals surface area contributed by atoms with E-state index >= 15 is 0 Å². The first kappa shape index (κ1) is 14.1. The number of anilines is 1. The molecule has 0 aliphatic heterocycles. The second-order valence-electron chi connectivity index (χ2n) is 4.69. The van der Waals surface area contributed by atoms with Gasteiger partial charge in [0.05, 0.1) is 0 Å². The summed E-state index contributed by atoms with van der Waals surface area (Å²) < 4.78 is 0. The van der Waals surface area contributed by atoms with Gasteiger partial charge in [-0.05, 0) is 34.9 Å². The Bertz CT molecular complexity index is 774. The lowest BCUT2D eigenvalue weighted by atomic mass is 10.0. The molecule has 0 bridgehead atoms.